The van der Waals surface area contributed by atoms with Crippen molar-refractivity contribution in [1.82, 2.24) is 5.32 Å². The molecule has 1 unspecified atom stereocenters. The van der Waals surface area contributed by atoms with E-state index in [-0.39, 0.29) is 23.8 Å². The molecule has 1 aromatic rings. The van der Waals surface area contributed by atoms with Crippen molar-refractivity contribution in [3.63, 3.8) is 0 Å². The quantitative estimate of drug-likeness (QED) is 0.703. The Labute approximate surface area is 136 Å². The van der Waals surface area contributed by atoms with E-state index in [0.717, 1.165) is 6.42 Å². The number of hydrogen-bond donors (Lipinski definition) is 3. The van der Waals surface area contributed by atoms with Gasteiger partial charge in [-0.1, -0.05) is 13.0 Å². The molecule has 0 saturated heterocycles. The van der Waals surface area contributed by atoms with Gasteiger partial charge in [-0.3, -0.25) is 14.4 Å². The third-order valence-electron chi connectivity index (χ3n) is 4.05. The molecule has 1 aromatic carbocycles. The van der Waals surface area contributed by atoms with Crippen LogP contribution >= 0.6 is 0 Å². The molecule has 0 aromatic heterocycles. The van der Waals surface area contributed by atoms with Gasteiger partial charge in [-0.15, -0.1) is 0 Å². The Bertz CT molecular complexity index is 623. The summed E-state index contributed by atoms with van der Waals surface area (Å²) in [7, 11) is 0. The Morgan fingerprint density at radius 2 is 1.74 bits per heavy atom. The largest absolute Gasteiger partial charge is 0.353 e. The first-order chi connectivity index (χ1) is 10.9. The summed E-state index contributed by atoms with van der Waals surface area (Å²) in [5.41, 5.74) is 0.209. The van der Waals surface area contributed by atoms with Crippen molar-refractivity contribution in [2.75, 3.05) is 10.6 Å². The Morgan fingerprint density at radius 3 is 2.26 bits per heavy atom. The van der Waals surface area contributed by atoms with Gasteiger partial charge in [-0.05, 0) is 44.4 Å². The molecular formula is C17H23N3O3. The molecule has 3 amide bonds. The van der Waals surface area contributed by atoms with Crippen LogP contribution in [0.5, 0.6) is 0 Å². The highest BCUT2D eigenvalue weighted by Crippen LogP contribution is 2.47. The maximum Gasteiger partial charge on any atom is 0.240 e. The van der Waals surface area contributed by atoms with E-state index in [4.69, 9.17) is 0 Å². The number of carbonyl (C=O) groups excluding carboxylic acids is 3. The Morgan fingerprint density at radius 1 is 1.13 bits per heavy atom. The summed E-state index contributed by atoms with van der Waals surface area (Å²) in [6.07, 6.45) is 1.95. The van der Waals surface area contributed by atoms with Crippen LogP contribution in [-0.2, 0) is 14.4 Å². The van der Waals surface area contributed by atoms with Crippen molar-refractivity contribution in [2.45, 2.75) is 46.1 Å². The number of amides is 3. The van der Waals surface area contributed by atoms with E-state index in [0.29, 0.717) is 24.2 Å². The van der Waals surface area contributed by atoms with Gasteiger partial charge in [0.05, 0.1) is 0 Å². The second kappa shape index (κ2) is 6.81. The van der Waals surface area contributed by atoms with E-state index in [1.54, 1.807) is 24.3 Å². The predicted molar refractivity (Wildman–Crippen MR) is 88.9 cm³/mol. The molecule has 0 heterocycles. The van der Waals surface area contributed by atoms with Crippen molar-refractivity contribution in [1.29, 1.82) is 0 Å². The number of rotatable bonds is 6. The van der Waals surface area contributed by atoms with Crippen LogP contribution in [0, 0.1) is 5.41 Å². The molecule has 6 nitrogen and oxygen atoms in total. The zero-order valence-electron chi connectivity index (χ0n) is 13.7. The fourth-order valence-electron chi connectivity index (χ4n) is 2.27. The molecule has 1 atom stereocenters. The molecule has 1 fully saturated rings. The highest BCUT2D eigenvalue weighted by atomic mass is 16.2. The van der Waals surface area contributed by atoms with E-state index < -0.39 is 5.41 Å². The van der Waals surface area contributed by atoms with E-state index in [1.807, 2.05) is 13.8 Å². The van der Waals surface area contributed by atoms with E-state index in [2.05, 4.69) is 16.0 Å². The molecule has 0 bridgehead atoms. The number of benzene rings is 1. The minimum absolute atomic E-state index is 0.0517. The SMILES string of the molecule is CCC(C)NC(=O)C1(C(=O)Nc2cccc(NC(C)=O)c2)CC1. The second-order valence-electron chi connectivity index (χ2n) is 6.08. The average Bonchev–Trinajstić information content (AvgIpc) is 3.28. The second-order valence-corrected chi connectivity index (χ2v) is 6.08. The highest BCUT2D eigenvalue weighted by molar-refractivity contribution is 6.13. The molecular weight excluding hydrogens is 294 g/mol. The number of hydrogen-bond acceptors (Lipinski definition) is 3. The summed E-state index contributed by atoms with van der Waals surface area (Å²) in [6.45, 7) is 5.32. The van der Waals surface area contributed by atoms with Gasteiger partial charge in [-0.25, -0.2) is 0 Å². The lowest BCUT2D eigenvalue weighted by Gasteiger charge is -2.18. The van der Waals surface area contributed by atoms with Gasteiger partial charge in [0.1, 0.15) is 5.41 Å². The van der Waals surface area contributed by atoms with Gasteiger partial charge in [0.2, 0.25) is 17.7 Å². The van der Waals surface area contributed by atoms with Crippen LogP contribution in [0.1, 0.15) is 40.0 Å². The molecule has 1 saturated carbocycles. The Balaban J connectivity index is 2.04. The molecule has 1 aliphatic carbocycles. The molecule has 1 aliphatic rings. The van der Waals surface area contributed by atoms with E-state index in [9.17, 15) is 14.4 Å². The van der Waals surface area contributed by atoms with Crippen molar-refractivity contribution >= 4 is 29.1 Å². The molecule has 124 valence electrons. The predicted octanol–water partition coefficient (Wildman–Crippen LogP) is 2.28. The fourth-order valence-corrected chi connectivity index (χ4v) is 2.27. The van der Waals surface area contributed by atoms with Crippen LogP contribution in [0.3, 0.4) is 0 Å². The average molecular weight is 317 g/mol. The third-order valence-corrected chi connectivity index (χ3v) is 4.05. The van der Waals surface area contributed by atoms with Gasteiger partial charge in [0.25, 0.3) is 0 Å². The summed E-state index contributed by atoms with van der Waals surface area (Å²) in [5.74, 6) is -0.680. The minimum Gasteiger partial charge on any atom is -0.353 e. The molecule has 6 heteroatoms. The lowest BCUT2D eigenvalue weighted by Crippen LogP contribution is -2.43. The Kier molecular flexibility index (Phi) is 5.03. The third kappa shape index (κ3) is 4.09. The van der Waals surface area contributed by atoms with Crippen molar-refractivity contribution in [3.05, 3.63) is 24.3 Å². The molecule has 23 heavy (non-hydrogen) atoms. The maximum atomic E-state index is 12.5. The number of anilines is 2. The van der Waals surface area contributed by atoms with Crippen molar-refractivity contribution in [3.8, 4) is 0 Å². The van der Waals surface area contributed by atoms with Crippen LogP contribution in [0.25, 0.3) is 0 Å². The number of nitrogens with one attached hydrogen (secondary N) is 3. The Hall–Kier alpha value is -2.37. The summed E-state index contributed by atoms with van der Waals surface area (Å²) >= 11 is 0. The lowest BCUT2D eigenvalue weighted by molar-refractivity contribution is -0.134. The summed E-state index contributed by atoms with van der Waals surface area (Å²) in [4.78, 5) is 35.9. The lowest BCUT2D eigenvalue weighted by atomic mass is 10.0. The van der Waals surface area contributed by atoms with Gasteiger partial charge in [0.15, 0.2) is 0 Å². The normalized spacial score (nSPS) is 16.1. The van der Waals surface area contributed by atoms with Crippen LogP contribution in [-0.4, -0.2) is 23.8 Å². The number of carbonyl (C=O) groups is 3. The van der Waals surface area contributed by atoms with Crippen LogP contribution < -0.4 is 16.0 Å². The summed E-state index contributed by atoms with van der Waals surface area (Å²) in [6, 6.07) is 6.92. The van der Waals surface area contributed by atoms with E-state index in [1.165, 1.54) is 6.92 Å². The first-order valence-corrected chi connectivity index (χ1v) is 7.87. The van der Waals surface area contributed by atoms with Crippen LogP contribution in [0.2, 0.25) is 0 Å². The van der Waals surface area contributed by atoms with Gasteiger partial charge in [-0.2, -0.15) is 0 Å². The fraction of sp³-hybridized carbons (Fsp3) is 0.471. The first kappa shape index (κ1) is 17.0. The zero-order valence-corrected chi connectivity index (χ0v) is 13.7. The minimum atomic E-state index is -0.951. The molecule has 2 rings (SSSR count). The maximum absolute atomic E-state index is 12.5. The molecule has 0 spiro atoms. The summed E-state index contributed by atoms with van der Waals surface area (Å²) < 4.78 is 0. The molecule has 3 N–H and O–H groups in total. The van der Waals surface area contributed by atoms with Gasteiger partial charge in [0, 0.05) is 24.3 Å². The topological polar surface area (TPSA) is 87.3 Å². The van der Waals surface area contributed by atoms with Crippen molar-refractivity contribution < 1.29 is 14.4 Å². The molecule has 0 radical (unpaired) electrons. The standard InChI is InChI=1S/C17H23N3O3/c1-4-11(2)18-15(22)17(8-9-17)16(23)20-14-7-5-6-13(10-14)19-12(3)21/h5-7,10-11H,4,8-9H2,1-3H3,(H,18,22)(H,19,21)(H,20,23). The monoisotopic (exact) mass is 317 g/mol. The first-order valence-electron chi connectivity index (χ1n) is 7.87. The summed E-state index contributed by atoms with van der Waals surface area (Å²) in [5, 5.41) is 8.32. The van der Waals surface area contributed by atoms with E-state index >= 15 is 0 Å². The smallest absolute Gasteiger partial charge is 0.240 e. The van der Waals surface area contributed by atoms with Gasteiger partial charge >= 0.3 is 0 Å². The van der Waals surface area contributed by atoms with Crippen LogP contribution in [0.15, 0.2) is 24.3 Å². The molecule has 0 aliphatic heterocycles. The van der Waals surface area contributed by atoms with Crippen molar-refractivity contribution in [2.24, 2.45) is 5.41 Å². The van der Waals surface area contributed by atoms with Gasteiger partial charge < -0.3 is 16.0 Å². The highest BCUT2D eigenvalue weighted by Gasteiger charge is 2.56. The van der Waals surface area contributed by atoms with Crippen LogP contribution in [0.4, 0.5) is 11.4 Å². The zero-order chi connectivity index (χ0) is 17.0.